The number of imide groups is 1. The lowest BCUT2D eigenvalue weighted by molar-refractivity contribution is -0.136. The predicted molar refractivity (Wildman–Crippen MR) is 216 cm³/mol. The van der Waals surface area contributed by atoms with Crippen molar-refractivity contribution in [3.8, 4) is 6.07 Å². The Morgan fingerprint density at radius 2 is 1.61 bits per heavy atom. The number of benzene rings is 3. The number of amides is 4. The topological polar surface area (TPSA) is 124 Å². The molecule has 3 aromatic carbocycles. The Labute approximate surface area is 337 Å². The van der Waals surface area contributed by atoms with Gasteiger partial charge in [0.15, 0.2) is 0 Å². The molecule has 7 aliphatic rings. The maximum atomic E-state index is 13.8. The van der Waals surface area contributed by atoms with Gasteiger partial charge in [-0.1, -0.05) is 11.6 Å². The molecule has 10 rings (SSSR count). The van der Waals surface area contributed by atoms with Crippen molar-refractivity contribution in [3.63, 3.8) is 0 Å². The fraction of sp³-hybridized carbons (Fsp3) is 0.477. The number of rotatable bonds is 6. The van der Waals surface area contributed by atoms with Crippen molar-refractivity contribution in [1.29, 1.82) is 5.26 Å². The molecule has 7 aliphatic heterocycles. The van der Waals surface area contributed by atoms with E-state index in [2.05, 4.69) is 61.0 Å². The smallest absolute Gasteiger partial charge is 0.255 e. The molecule has 4 amide bonds. The molecule has 0 aliphatic carbocycles. The first-order valence-electron chi connectivity index (χ1n) is 20.5. The quantitative estimate of drug-likeness (QED) is 0.356. The molecular formula is C44H47ClN8O4. The SMILES string of the molecule is C[C@H]1CC2(CCN(c3ccc(C(=O)N4C[C@H]5C[C@@H]4CN5C4CN(c5ccc6c(c5)CN(C5CCC(=O)NC5=O)C6=O)C4)cc3)CC2)CN1c1ccc(C#N)c(Cl)c1. The Bertz CT molecular complexity index is 2210. The van der Waals surface area contributed by atoms with Crippen LogP contribution in [0.3, 0.4) is 0 Å². The third kappa shape index (κ3) is 6.21. The summed E-state index contributed by atoms with van der Waals surface area (Å²) in [4.78, 5) is 64.6. The second kappa shape index (κ2) is 13.8. The van der Waals surface area contributed by atoms with Gasteiger partial charge in [-0.2, -0.15) is 5.26 Å². The molecule has 12 nitrogen and oxygen atoms in total. The van der Waals surface area contributed by atoms with Crippen LogP contribution in [0.5, 0.6) is 0 Å². The third-order valence-electron chi connectivity index (χ3n) is 14.2. The molecule has 0 aromatic heterocycles. The van der Waals surface area contributed by atoms with Crippen LogP contribution in [0.15, 0.2) is 60.7 Å². The molecule has 57 heavy (non-hydrogen) atoms. The van der Waals surface area contributed by atoms with E-state index in [1.54, 1.807) is 4.90 Å². The number of hydrogen-bond acceptors (Lipinski definition) is 9. The fourth-order valence-electron chi connectivity index (χ4n) is 11.0. The Morgan fingerprint density at radius 1 is 0.860 bits per heavy atom. The molecule has 3 aromatic rings. The number of likely N-dealkylation sites (tertiary alicyclic amines) is 2. The molecular weight excluding hydrogens is 740 g/mol. The third-order valence-corrected chi connectivity index (χ3v) is 14.5. The maximum absolute atomic E-state index is 13.8. The lowest BCUT2D eigenvalue weighted by atomic mass is 9.76. The number of halogens is 1. The highest BCUT2D eigenvalue weighted by molar-refractivity contribution is 6.32. The van der Waals surface area contributed by atoms with E-state index in [1.165, 1.54) is 5.69 Å². The summed E-state index contributed by atoms with van der Waals surface area (Å²) in [6, 6.07) is 23.0. The number of piperazine rings is 1. The Morgan fingerprint density at radius 3 is 2.32 bits per heavy atom. The van der Waals surface area contributed by atoms with Gasteiger partial charge >= 0.3 is 0 Å². The van der Waals surface area contributed by atoms with Crippen molar-refractivity contribution >= 4 is 52.3 Å². The standard InChI is InChI=1S/C44H47ClN8O4/c1-27-19-44(26-53(27)33-7-4-29(20-46)38(45)18-33)12-14-48(15-13-44)31-5-2-28(3-6-31)42(56)51-25-34-17-35(51)24-50(34)36-22-49(23-36)32-8-9-37-30(16-32)21-52(43(37)57)39-10-11-40(54)47-41(39)55/h2-9,16,18,27,34-36,39H,10-15,17,19,21-26H2,1H3,(H,47,54,55)/t27-,34+,35+,39?/m0/s1. The van der Waals surface area contributed by atoms with Gasteiger partial charge in [0.05, 0.1) is 10.6 Å². The molecule has 1 spiro atoms. The zero-order chi connectivity index (χ0) is 39.2. The number of carbonyl (C=O) groups excluding carboxylic acids is 4. The van der Waals surface area contributed by atoms with Gasteiger partial charge in [0.1, 0.15) is 12.1 Å². The summed E-state index contributed by atoms with van der Waals surface area (Å²) in [5, 5.41) is 12.2. The van der Waals surface area contributed by atoms with Crippen molar-refractivity contribution in [3.05, 3.63) is 87.9 Å². The average Bonchev–Trinajstić information content (AvgIpc) is 3.96. The molecule has 7 heterocycles. The number of nitrogens with one attached hydrogen (secondary N) is 1. The van der Waals surface area contributed by atoms with Crippen LogP contribution >= 0.6 is 11.6 Å². The highest BCUT2D eigenvalue weighted by Gasteiger charge is 2.50. The van der Waals surface area contributed by atoms with Gasteiger partial charge < -0.3 is 24.5 Å². The fourth-order valence-corrected chi connectivity index (χ4v) is 11.3. The average molecular weight is 787 g/mol. The van der Waals surface area contributed by atoms with Gasteiger partial charge in [0.25, 0.3) is 11.8 Å². The molecule has 6 saturated heterocycles. The van der Waals surface area contributed by atoms with Crippen LogP contribution in [-0.2, 0) is 16.1 Å². The van der Waals surface area contributed by atoms with Gasteiger partial charge in [0.2, 0.25) is 11.8 Å². The number of hydrogen-bond donors (Lipinski definition) is 1. The van der Waals surface area contributed by atoms with Crippen LogP contribution in [0.1, 0.15) is 77.3 Å². The van der Waals surface area contributed by atoms with Crippen molar-refractivity contribution < 1.29 is 19.2 Å². The molecule has 13 heteroatoms. The summed E-state index contributed by atoms with van der Waals surface area (Å²) in [6.45, 7) is 9.12. The minimum atomic E-state index is -0.609. The number of nitriles is 1. The van der Waals surface area contributed by atoms with Crippen LogP contribution in [-0.4, -0.2) is 114 Å². The largest absolute Gasteiger partial charge is 0.371 e. The minimum Gasteiger partial charge on any atom is -0.371 e. The first-order chi connectivity index (χ1) is 27.6. The summed E-state index contributed by atoms with van der Waals surface area (Å²) in [6.07, 6.45) is 5.00. The Kier molecular flexibility index (Phi) is 8.75. The van der Waals surface area contributed by atoms with E-state index < -0.39 is 6.04 Å². The van der Waals surface area contributed by atoms with Gasteiger partial charge in [-0.15, -0.1) is 0 Å². The summed E-state index contributed by atoms with van der Waals surface area (Å²) in [5.41, 5.74) is 6.45. The molecule has 4 atom stereocenters. The van der Waals surface area contributed by atoms with E-state index in [1.807, 2.05) is 42.5 Å². The summed E-state index contributed by atoms with van der Waals surface area (Å²) >= 11 is 6.39. The summed E-state index contributed by atoms with van der Waals surface area (Å²) < 4.78 is 0. The number of fused-ring (bicyclic) bond motifs is 3. The summed E-state index contributed by atoms with van der Waals surface area (Å²) in [7, 11) is 0. The van der Waals surface area contributed by atoms with Crippen LogP contribution in [0.2, 0.25) is 5.02 Å². The molecule has 294 valence electrons. The van der Waals surface area contributed by atoms with Crippen molar-refractivity contribution in [2.24, 2.45) is 5.41 Å². The van der Waals surface area contributed by atoms with Crippen LogP contribution < -0.4 is 20.0 Å². The number of anilines is 3. The lowest BCUT2D eigenvalue weighted by Gasteiger charge is -2.49. The van der Waals surface area contributed by atoms with E-state index in [-0.39, 0.29) is 41.5 Å². The number of piperidine rings is 2. The van der Waals surface area contributed by atoms with Crippen LogP contribution in [0.4, 0.5) is 17.1 Å². The zero-order valence-corrected chi connectivity index (χ0v) is 33.0. The lowest BCUT2D eigenvalue weighted by Crippen LogP contribution is -2.63. The van der Waals surface area contributed by atoms with Crippen LogP contribution in [0.25, 0.3) is 0 Å². The minimum absolute atomic E-state index is 0.128. The molecule has 1 N–H and O–H groups in total. The first-order valence-corrected chi connectivity index (χ1v) is 20.8. The molecule has 0 radical (unpaired) electrons. The Hall–Kier alpha value is -5.12. The normalized spacial score (nSPS) is 27.0. The first kappa shape index (κ1) is 36.2. The predicted octanol–water partition coefficient (Wildman–Crippen LogP) is 4.65. The highest BCUT2D eigenvalue weighted by atomic mass is 35.5. The van der Waals surface area contributed by atoms with E-state index in [0.717, 1.165) is 94.0 Å². The second-order valence-corrected chi connectivity index (χ2v) is 17.9. The van der Waals surface area contributed by atoms with Gasteiger partial charge in [-0.05, 0) is 111 Å². The van der Waals surface area contributed by atoms with E-state index in [0.29, 0.717) is 47.2 Å². The van der Waals surface area contributed by atoms with Gasteiger partial charge in [-0.3, -0.25) is 29.4 Å². The number of carbonyl (C=O) groups is 4. The van der Waals surface area contributed by atoms with E-state index in [9.17, 15) is 24.4 Å². The monoisotopic (exact) mass is 786 g/mol. The molecule has 2 bridgehead atoms. The van der Waals surface area contributed by atoms with Crippen molar-refractivity contribution in [2.75, 3.05) is 60.5 Å². The summed E-state index contributed by atoms with van der Waals surface area (Å²) in [5.74, 6) is -0.691. The molecule has 6 fully saturated rings. The van der Waals surface area contributed by atoms with Crippen molar-refractivity contribution in [1.82, 2.24) is 20.0 Å². The van der Waals surface area contributed by atoms with E-state index >= 15 is 0 Å². The van der Waals surface area contributed by atoms with Crippen molar-refractivity contribution in [2.45, 2.75) is 82.2 Å². The van der Waals surface area contributed by atoms with Gasteiger partial charge in [0, 0.05) is 111 Å². The molecule has 1 unspecified atom stereocenters. The zero-order valence-electron chi connectivity index (χ0n) is 32.2. The van der Waals surface area contributed by atoms with Crippen LogP contribution in [0, 0.1) is 16.7 Å². The molecule has 0 saturated carbocycles. The van der Waals surface area contributed by atoms with Gasteiger partial charge in [-0.25, -0.2) is 0 Å². The Balaban J connectivity index is 0.704. The second-order valence-electron chi connectivity index (χ2n) is 17.5. The van der Waals surface area contributed by atoms with E-state index in [4.69, 9.17) is 11.6 Å². The maximum Gasteiger partial charge on any atom is 0.255 e. The number of nitrogens with zero attached hydrogens (tertiary/aromatic N) is 7. The highest BCUT2D eigenvalue weighted by Crippen LogP contribution is 2.46.